The van der Waals surface area contributed by atoms with Gasteiger partial charge in [-0.15, -0.1) is 0 Å². The number of nitrogens with one attached hydrogen (secondary N) is 1. The number of hydrogen-bond donors (Lipinski definition) is 1. The van der Waals surface area contributed by atoms with Gasteiger partial charge in [0.25, 0.3) is 5.91 Å². The summed E-state index contributed by atoms with van der Waals surface area (Å²) in [6.45, 7) is 1.58. The molecule has 1 saturated heterocycles. The van der Waals surface area contributed by atoms with Crippen molar-refractivity contribution in [1.29, 1.82) is 0 Å². The maximum absolute atomic E-state index is 12.3. The van der Waals surface area contributed by atoms with Gasteiger partial charge in [0, 0.05) is 37.4 Å². The summed E-state index contributed by atoms with van der Waals surface area (Å²) >= 11 is 0. The van der Waals surface area contributed by atoms with Crippen molar-refractivity contribution >= 4 is 11.6 Å². The lowest BCUT2D eigenvalue weighted by Crippen LogP contribution is -2.59. The number of benzene rings is 1. The summed E-state index contributed by atoms with van der Waals surface area (Å²) in [6.07, 6.45) is 6.64. The van der Waals surface area contributed by atoms with Crippen LogP contribution in [0.1, 0.15) is 10.6 Å². The van der Waals surface area contributed by atoms with Gasteiger partial charge >= 0.3 is 0 Å². The Hall–Kier alpha value is -3.22. The van der Waals surface area contributed by atoms with Crippen LogP contribution in [0.25, 0.3) is 5.82 Å². The Morgan fingerprint density at radius 3 is 2.71 bits per heavy atom. The van der Waals surface area contributed by atoms with E-state index in [0.717, 1.165) is 13.1 Å². The smallest absolute Gasteiger partial charge is 0.289 e. The van der Waals surface area contributed by atoms with Crippen LogP contribution in [0.5, 0.6) is 0 Å². The molecule has 0 bridgehead atoms. The molecular formula is C17H16N6O. The fraction of sp³-hybridized carbons (Fsp3) is 0.176. The molecule has 1 fully saturated rings. The van der Waals surface area contributed by atoms with Crippen molar-refractivity contribution in [2.75, 3.05) is 18.0 Å². The van der Waals surface area contributed by atoms with E-state index in [4.69, 9.17) is 0 Å². The minimum atomic E-state index is -0.255. The SMILES string of the molecule is O=C(NC1CN(c2ccccc2)C1)c1nccc(-n2ccnc2)n1. The number of carbonyl (C=O) groups is 1. The number of nitrogens with zero attached hydrogens (tertiary/aromatic N) is 5. The summed E-state index contributed by atoms with van der Waals surface area (Å²) in [5.41, 5.74) is 1.17. The predicted octanol–water partition coefficient (Wildman–Crippen LogP) is 1.28. The van der Waals surface area contributed by atoms with Gasteiger partial charge in [0.15, 0.2) is 0 Å². The number of amides is 1. The Labute approximate surface area is 139 Å². The van der Waals surface area contributed by atoms with E-state index in [1.165, 1.54) is 5.69 Å². The molecule has 4 rings (SSSR count). The van der Waals surface area contributed by atoms with Crippen LogP contribution in [0.3, 0.4) is 0 Å². The van der Waals surface area contributed by atoms with Crippen molar-refractivity contribution in [1.82, 2.24) is 24.8 Å². The third-order valence-electron chi connectivity index (χ3n) is 3.95. The van der Waals surface area contributed by atoms with Crippen LogP contribution in [0.2, 0.25) is 0 Å². The second kappa shape index (κ2) is 6.11. The zero-order valence-corrected chi connectivity index (χ0v) is 12.9. The van der Waals surface area contributed by atoms with Crippen LogP contribution in [0.4, 0.5) is 5.69 Å². The van der Waals surface area contributed by atoms with Crippen LogP contribution in [-0.2, 0) is 0 Å². The number of hydrogen-bond acceptors (Lipinski definition) is 5. The number of rotatable bonds is 4. The van der Waals surface area contributed by atoms with Gasteiger partial charge in [-0.05, 0) is 18.2 Å². The molecule has 1 aliphatic rings. The van der Waals surface area contributed by atoms with Crippen molar-refractivity contribution in [3.8, 4) is 5.82 Å². The largest absolute Gasteiger partial charge is 0.367 e. The van der Waals surface area contributed by atoms with Gasteiger partial charge < -0.3 is 10.2 Å². The number of anilines is 1. The molecule has 0 aliphatic carbocycles. The Balaban J connectivity index is 1.38. The lowest BCUT2D eigenvalue weighted by atomic mass is 10.1. The van der Waals surface area contributed by atoms with E-state index >= 15 is 0 Å². The highest BCUT2D eigenvalue weighted by molar-refractivity contribution is 5.91. The summed E-state index contributed by atoms with van der Waals surface area (Å²) in [4.78, 5) is 26.9. The van der Waals surface area contributed by atoms with E-state index in [-0.39, 0.29) is 17.8 Å². The molecule has 0 atom stereocenters. The molecular weight excluding hydrogens is 304 g/mol. The van der Waals surface area contributed by atoms with Crippen LogP contribution >= 0.6 is 0 Å². The molecule has 7 heteroatoms. The molecule has 1 aliphatic heterocycles. The van der Waals surface area contributed by atoms with E-state index in [2.05, 4.69) is 37.3 Å². The normalized spacial score (nSPS) is 14.2. The van der Waals surface area contributed by atoms with Gasteiger partial charge in [-0.1, -0.05) is 18.2 Å². The quantitative estimate of drug-likeness (QED) is 0.784. The first kappa shape index (κ1) is 14.4. The molecule has 2 aromatic heterocycles. The van der Waals surface area contributed by atoms with E-state index in [1.807, 2.05) is 18.2 Å². The number of aromatic nitrogens is 4. The van der Waals surface area contributed by atoms with Crippen LogP contribution in [0.15, 0.2) is 61.3 Å². The molecule has 7 nitrogen and oxygen atoms in total. The topological polar surface area (TPSA) is 75.9 Å². The first-order valence-electron chi connectivity index (χ1n) is 7.72. The lowest BCUT2D eigenvalue weighted by Gasteiger charge is -2.41. The van der Waals surface area contributed by atoms with Gasteiger partial charge in [-0.2, -0.15) is 0 Å². The molecule has 3 heterocycles. The third-order valence-corrected chi connectivity index (χ3v) is 3.95. The van der Waals surface area contributed by atoms with E-state index in [9.17, 15) is 4.79 Å². The average molecular weight is 320 g/mol. The minimum absolute atomic E-state index is 0.109. The van der Waals surface area contributed by atoms with Crippen molar-refractivity contribution in [3.63, 3.8) is 0 Å². The summed E-state index contributed by atoms with van der Waals surface area (Å²) in [5, 5.41) is 2.97. The third kappa shape index (κ3) is 2.83. The fourth-order valence-electron chi connectivity index (χ4n) is 2.67. The Morgan fingerprint density at radius 2 is 1.96 bits per heavy atom. The minimum Gasteiger partial charge on any atom is -0.367 e. The summed E-state index contributed by atoms with van der Waals surface area (Å²) in [5.74, 6) is 0.529. The Morgan fingerprint density at radius 1 is 1.12 bits per heavy atom. The zero-order chi connectivity index (χ0) is 16.4. The lowest BCUT2D eigenvalue weighted by molar-refractivity contribution is 0.0919. The van der Waals surface area contributed by atoms with E-state index in [1.54, 1.807) is 35.6 Å². The van der Waals surface area contributed by atoms with Crippen LogP contribution in [0, 0.1) is 0 Å². The highest BCUT2D eigenvalue weighted by Crippen LogP contribution is 2.20. The van der Waals surface area contributed by atoms with Crippen LogP contribution in [-0.4, -0.2) is 44.6 Å². The van der Waals surface area contributed by atoms with Gasteiger partial charge in [0.1, 0.15) is 12.1 Å². The van der Waals surface area contributed by atoms with Gasteiger partial charge in [0.2, 0.25) is 5.82 Å². The molecule has 1 aromatic carbocycles. The average Bonchev–Trinajstić information content (AvgIpc) is 3.13. The molecule has 24 heavy (non-hydrogen) atoms. The number of imidazole rings is 1. The molecule has 3 aromatic rings. The highest BCUT2D eigenvalue weighted by Gasteiger charge is 2.29. The van der Waals surface area contributed by atoms with Gasteiger partial charge in [-0.3, -0.25) is 9.36 Å². The highest BCUT2D eigenvalue weighted by atomic mass is 16.2. The summed E-state index contributed by atoms with van der Waals surface area (Å²) in [7, 11) is 0. The first-order chi connectivity index (χ1) is 11.8. The summed E-state index contributed by atoms with van der Waals surface area (Å²) in [6, 6.07) is 12.0. The monoisotopic (exact) mass is 320 g/mol. The van der Waals surface area contributed by atoms with E-state index in [0.29, 0.717) is 5.82 Å². The fourth-order valence-corrected chi connectivity index (χ4v) is 2.67. The molecule has 1 amide bonds. The second-order valence-electron chi connectivity index (χ2n) is 5.62. The number of para-hydroxylation sites is 1. The van der Waals surface area contributed by atoms with Crippen LogP contribution < -0.4 is 10.2 Å². The molecule has 1 N–H and O–H groups in total. The van der Waals surface area contributed by atoms with Gasteiger partial charge in [0.05, 0.1) is 6.04 Å². The second-order valence-corrected chi connectivity index (χ2v) is 5.62. The summed E-state index contributed by atoms with van der Waals surface area (Å²) < 4.78 is 1.74. The maximum atomic E-state index is 12.3. The van der Waals surface area contributed by atoms with Gasteiger partial charge in [-0.25, -0.2) is 15.0 Å². The molecule has 0 unspecified atom stereocenters. The molecule has 120 valence electrons. The Bertz CT molecular complexity index is 827. The molecule has 0 saturated carbocycles. The Kier molecular flexibility index (Phi) is 3.66. The maximum Gasteiger partial charge on any atom is 0.289 e. The van der Waals surface area contributed by atoms with Crippen molar-refractivity contribution in [2.24, 2.45) is 0 Å². The first-order valence-corrected chi connectivity index (χ1v) is 7.72. The van der Waals surface area contributed by atoms with Crippen molar-refractivity contribution in [2.45, 2.75) is 6.04 Å². The zero-order valence-electron chi connectivity index (χ0n) is 12.9. The van der Waals surface area contributed by atoms with E-state index < -0.39 is 0 Å². The van der Waals surface area contributed by atoms with Crippen molar-refractivity contribution < 1.29 is 4.79 Å². The molecule has 0 radical (unpaired) electrons. The standard InChI is InChI=1S/C17H16N6O/c24-17(16-19-7-6-15(21-16)22-9-8-18-12-22)20-13-10-23(11-13)14-4-2-1-3-5-14/h1-9,12-13H,10-11H2,(H,20,24). The predicted molar refractivity (Wildman–Crippen MR) is 89.1 cm³/mol. The molecule has 0 spiro atoms. The van der Waals surface area contributed by atoms with Crippen molar-refractivity contribution in [3.05, 3.63) is 67.1 Å². The number of carbonyl (C=O) groups excluding carboxylic acids is 1.